The van der Waals surface area contributed by atoms with Crippen molar-refractivity contribution in [3.05, 3.63) is 128 Å². The van der Waals surface area contributed by atoms with Crippen LogP contribution in [-0.4, -0.2) is 22.3 Å². The third-order valence-electron chi connectivity index (χ3n) is 5.05. The number of rotatable bonds is 9. The third-order valence-corrected chi connectivity index (χ3v) is 5.05. The first-order chi connectivity index (χ1) is 17.5. The number of nitro benzene ring substituents is 2. The predicted molar refractivity (Wildman–Crippen MR) is 141 cm³/mol. The summed E-state index contributed by atoms with van der Waals surface area (Å²) in [5.41, 5.74) is 4.05. The van der Waals surface area contributed by atoms with E-state index in [0.29, 0.717) is 22.7 Å². The number of nitrogens with one attached hydrogen (secondary N) is 2. The molecule has 0 amide bonds. The highest BCUT2D eigenvalue weighted by molar-refractivity contribution is 5.91. The third kappa shape index (κ3) is 6.14. The van der Waals surface area contributed by atoms with Gasteiger partial charge in [-0.05, 0) is 24.3 Å². The molecule has 178 valence electrons. The molecule has 0 aliphatic carbocycles. The van der Waals surface area contributed by atoms with Gasteiger partial charge in [0.1, 0.15) is 0 Å². The summed E-state index contributed by atoms with van der Waals surface area (Å²) >= 11 is 0. The maximum absolute atomic E-state index is 11.0. The van der Waals surface area contributed by atoms with Gasteiger partial charge in [-0.2, -0.15) is 10.2 Å². The summed E-state index contributed by atoms with van der Waals surface area (Å²) in [5.74, 6) is 0. The molecule has 0 aliphatic heterocycles. The summed E-state index contributed by atoms with van der Waals surface area (Å²) in [7, 11) is 0. The SMILES string of the molecule is O=[N+]([O-])c1cccc(Nc2ccccc2/C=N/N=C/c2ccccc2Nc2cccc([N+](=O)[O-])c2)c1. The average molecular weight is 480 g/mol. The molecule has 0 atom stereocenters. The van der Waals surface area contributed by atoms with E-state index in [4.69, 9.17) is 0 Å². The van der Waals surface area contributed by atoms with Gasteiger partial charge in [0.05, 0.1) is 22.3 Å². The van der Waals surface area contributed by atoms with Crippen molar-refractivity contribution in [3.8, 4) is 0 Å². The number of hydrogen-bond acceptors (Lipinski definition) is 8. The van der Waals surface area contributed by atoms with Crippen LogP contribution in [0, 0.1) is 20.2 Å². The topological polar surface area (TPSA) is 135 Å². The van der Waals surface area contributed by atoms with Gasteiger partial charge in [-0.3, -0.25) is 20.2 Å². The van der Waals surface area contributed by atoms with Crippen molar-refractivity contribution >= 4 is 46.6 Å². The fourth-order valence-electron chi connectivity index (χ4n) is 3.34. The number of hydrogen-bond donors (Lipinski definition) is 2. The van der Waals surface area contributed by atoms with E-state index in [1.807, 2.05) is 48.5 Å². The Kier molecular flexibility index (Phi) is 7.37. The molecule has 0 aromatic heterocycles. The van der Waals surface area contributed by atoms with Crippen LogP contribution in [-0.2, 0) is 0 Å². The van der Waals surface area contributed by atoms with Gasteiger partial charge in [0.15, 0.2) is 0 Å². The quantitative estimate of drug-likeness (QED) is 0.161. The molecule has 10 heteroatoms. The predicted octanol–water partition coefficient (Wildman–Crippen LogP) is 6.44. The second kappa shape index (κ2) is 11.2. The lowest BCUT2D eigenvalue weighted by atomic mass is 10.2. The maximum atomic E-state index is 11.0. The Morgan fingerprint density at radius 1 is 0.583 bits per heavy atom. The first-order valence-electron chi connectivity index (χ1n) is 10.8. The number of nitro groups is 2. The molecule has 4 rings (SSSR count). The molecule has 0 saturated heterocycles. The molecule has 0 spiro atoms. The standard InChI is InChI=1S/C26H20N6O4/c33-31(34)23-11-5-9-21(15-23)29-25-13-3-1-7-19(25)17-27-28-18-20-8-2-4-14-26(20)30-22-10-6-12-24(16-22)32(35)36/h1-18,29-30H/b27-17+,28-18+. The van der Waals surface area contributed by atoms with Gasteiger partial charge >= 0.3 is 0 Å². The Morgan fingerprint density at radius 2 is 1.00 bits per heavy atom. The van der Waals surface area contributed by atoms with Gasteiger partial charge in [0.2, 0.25) is 0 Å². The number of non-ortho nitro benzene ring substituents is 2. The highest BCUT2D eigenvalue weighted by Gasteiger charge is 2.08. The molecule has 0 unspecified atom stereocenters. The highest BCUT2D eigenvalue weighted by Crippen LogP contribution is 2.24. The Labute approximate surface area is 205 Å². The van der Waals surface area contributed by atoms with Crippen molar-refractivity contribution in [2.24, 2.45) is 10.2 Å². The summed E-state index contributed by atoms with van der Waals surface area (Å²) in [6.07, 6.45) is 3.15. The van der Waals surface area contributed by atoms with Crippen LogP contribution in [0.1, 0.15) is 11.1 Å². The van der Waals surface area contributed by atoms with Gasteiger partial charge in [0, 0.05) is 58.1 Å². The van der Waals surface area contributed by atoms with E-state index in [9.17, 15) is 20.2 Å². The van der Waals surface area contributed by atoms with E-state index in [2.05, 4.69) is 20.8 Å². The Balaban J connectivity index is 1.49. The van der Waals surface area contributed by atoms with E-state index in [-0.39, 0.29) is 11.4 Å². The Morgan fingerprint density at radius 3 is 1.42 bits per heavy atom. The molecule has 4 aromatic carbocycles. The van der Waals surface area contributed by atoms with E-state index in [1.165, 1.54) is 24.3 Å². The molecule has 4 aromatic rings. The molecule has 0 aliphatic rings. The second-order valence-electron chi connectivity index (χ2n) is 7.53. The zero-order valence-electron chi connectivity index (χ0n) is 18.8. The van der Waals surface area contributed by atoms with Crippen LogP contribution in [0.15, 0.2) is 107 Å². The van der Waals surface area contributed by atoms with E-state index in [1.54, 1.807) is 36.7 Å². The smallest absolute Gasteiger partial charge is 0.271 e. The number of benzene rings is 4. The van der Waals surface area contributed by atoms with Gasteiger partial charge in [-0.15, -0.1) is 0 Å². The highest BCUT2D eigenvalue weighted by atomic mass is 16.6. The number of nitrogens with zero attached hydrogens (tertiary/aromatic N) is 4. The first-order valence-corrected chi connectivity index (χ1v) is 10.8. The van der Waals surface area contributed by atoms with Crippen molar-refractivity contribution in [2.45, 2.75) is 0 Å². The molecular formula is C26H20N6O4. The van der Waals surface area contributed by atoms with Crippen LogP contribution in [0.5, 0.6) is 0 Å². The zero-order valence-corrected chi connectivity index (χ0v) is 18.8. The number of anilines is 4. The first kappa shape index (κ1) is 23.8. The summed E-state index contributed by atoms with van der Waals surface area (Å²) in [5, 5.41) is 36.7. The summed E-state index contributed by atoms with van der Waals surface area (Å²) in [6, 6.07) is 27.2. The van der Waals surface area contributed by atoms with E-state index in [0.717, 1.165) is 11.1 Å². The summed E-state index contributed by atoms with van der Waals surface area (Å²) in [6.45, 7) is 0. The lowest BCUT2D eigenvalue weighted by Gasteiger charge is -2.09. The number of para-hydroxylation sites is 2. The summed E-state index contributed by atoms with van der Waals surface area (Å²) in [4.78, 5) is 21.2. The van der Waals surface area contributed by atoms with E-state index < -0.39 is 9.85 Å². The normalized spacial score (nSPS) is 11.0. The van der Waals surface area contributed by atoms with Crippen molar-refractivity contribution in [1.82, 2.24) is 0 Å². The lowest BCUT2D eigenvalue weighted by molar-refractivity contribution is -0.385. The van der Waals surface area contributed by atoms with Crippen molar-refractivity contribution < 1.29 is 9.85 Å². The Bertz CT molecular complexity index is 1360. The van der Waals surface area contributed by atoms with Crippen LogP contribution < -0.4 is 10.6 Å². The van der Waals surface area contributed by atoms with Gasteiger partial charge in [-0.25, -0.2) is 0 Å². The minimum Gasteiger partial charge on any atom is -0.355 e. The molecule has 36 heavy (non-hydrogen) atoms. The largest absolute Gasteiger partial charge is 0.355 e. The fourth-order valence-corrected chi connectivity index (χ4v) is 3.34. The van der Waals surface area contributed by atoms with Gasteiger partial charge in [0.25, 0.3) is 11.4 Å². The van der Waals surface area contributed by atoms with Crippen molar-refractivity contribution in [3.63, 3.8) is 0 Å². The van der Waals surface area contributed by atoms with Crippen molar-refractivity contribution in [1.29, 1.82) is 0 Å². The molecule has 0 bridgehead atoms. The summed E-state index contributed by atoms with van der Waals surface area (Å²) < 4.78 is 0. The van der Waals surface area contributed by atoms with E-state index >= 15 is 0 Å². The molecule has 0 fully saturated rings. The minimum atomic E-state index is -0.445. The molecule has 2 N–H and O–H groups in total. The molecular weight excluding hydrogens is 460 g/mol. The lowest BCUT2D eigenvalue weighted by Crippen LogP contribution is -1.97. The van der Waals surface area contributed by atoms with Crippen LogP contribution in [0.2, 0.25) is 0 Å². The maximum Gasteiger partial charge on any atom is 0.271 e. The van der Waals surface area contributed by atoms with Crippen molar-refractivity contribution in [2.75, 3.05) is 10.6 Å². The Hall–Kier alpha value is -5.38. The van der Waals surface area contributed by atoms with Gasteiger partial charge < -0.3 is 10.6 Å². The molecule has 0 heterocycles. The molecule has 0 radical (unpaired) electrons. The zero-order chi connectivity index (χ0) is 25.3. The monoisotopic (exact) mass is 480 g/mol. The van der Waals surface area contributed by atoms with Gasteiger partial charge in [-0.1, -0.05) is 48.5 Å². The molecule has 10 nitrogen and oxygen atoms in total. The molecule has 0 saturated carbocycles. The fraction of sp³-hybridized carbons (Fsp3) is 0. The van der Waals surface area contributed by atoms with Crippen LogP contribution >= 0.6 is 0 Å². The van der Waals surface area contributed by atoms with Crippen LogP contribution in [0.25, 0.3) is 0 Å². The second-order valence-corrected chi connectivity index (χ2v) is 7.53. The van der Waals surface area contributed by atoms with Crippen LogP contribution in [0.3, 0.4) is 0 Å². The minimum absolute atomic E-state index is 0.00636. The average Bonchev–Trinajstić information content (AvgIpc) is 2.88. The van der Waals surface area contributed by atoms with Crippen LogP contribution in [0.4, 0.5) is 34.1 Å².